The SMILES string of the molecule is CCCCCCCCCCCC(=O)OC(=O)CC(C)N. The first kappa shape index (κ1) is 19.1. The Morgan fingerprint density at radius 2 is 1.40 bits per heavy atom. The van der Waals surface area contributed by atoms with Crippen molar-refractivity contribution in [2.75, 3.05) is 0 Å². The summed E-state index contributed by atoms with van der Waals surface area (Å²) in [5.74, 6) is -0.931. The van der Waals surface area contributed by atoms with Crippen molar-refractivity contribution in [2.24, 2.45) is 5.73 Å². The lowest BCUT2D eigenvalue weighted by Gasteiger charge is -2.05. The van der Waals surface area contributed by atoms with E-state index in [1.165, 1.54) is 38.5 Å². The molecular formula is C16H31NO3. The highest BCUT2D eigenvalue weighted by Gasteiger charge is 2.11. The van der Waals surface area contributed by atoms with Gasteiger partial charge >= 0.3 is 11.9 Å². The molecule has 0 amide bonds. The number of unbranched alkanes of at least 4 members (excludes halogenated alkanes) is 8. The number of nitrogens with two attached hydrogens (primary N) is 1. The molecule has 0 spiro atoms. The quantitative estimate of drug-likeness (QED) is 0.337. The second-order valence-electron chi connectivity index (χ2n) is 5.61. The number of esters is 2. The summed E-state index contributed by atoms with van der Waals surface area (Å²) < 4.78 is 4.68. The zero-order chi connectivity index (χ0) is 15.2. The first-order valence-corrected chi connectivity index (χ1v) is 8.05. The van der Waals surface area contributed by atoms with Crippen LogP contribution in [0.15, 0.2) is 0 Å². The molecule has 4 nitrogen and oxygen atoms in total. The van der Waals surface area contributed by atoms with Gasteiger partial charge in [0, 0.05) is 12.5 Å². The first-order chi connectivity index (χ1) is 9.56. The minimum atomic E-state index is -0.513. The van der Waals surface area contributed by atoms with Crippen LogP contribution in [0.5, 0.6) is 0 Å². The number of carbonyl (C=O) groups excluding carboxylic acids is 2. The molecule has 0 aromatic rings. The average Bonchev–Trinajstić information content (AvgIpc) is 2.35. The molecule has 0 rings (SSSR count). The van der Waals surface area contributed by atoms with Gasteiger partial charge in [0.25, 0.3) is 0 Å². The summed E-state index contributed by atoms with van der Waals surface area (Å²) in [4.78, 5) is 22.6. The molecule has 1 atom stereocenters. The molecular weight excluding hydrogens is 254 g/mol. The highest BCUT2D eigenvalue weighted by atomic mass is 16.6. The Balaban J connectivity index is 3.33. The molecule has 20 heavy (non-hydrogen) atoms. The second-order valence-corrected chi connectivity index (χ2v) is 5.61. The van der Waals surface area contributed by atoms with Gasteiger partial charge in [0.2, 0.25) is 0 Å². The van der Waals surface area contributed by atoms with Gasteiger partial charge in [-0.15, -0.1) is 0 Å². The lowest BCUT2D eigenvalue weighted by atomic mass is 10.1. The van der Waals surface area contributed by atoms with Crippen LogP contribution < -0.4 is 5.73 Å². The number of rotatable bonds is 12. The van der Waals surface area contributed by atoms with Crippen LogP contribution in [-0.4, -0.2) is 18.0 Å². The van der Waals surface area contributed by atoms with Crippen LogP contribution in [0.2, 0.25) is 0 Å². The third kappa shape index (κ3) is 13.5. The lowest BCUT2D eigenvalue weighted by molar-refractivity contribution is -0.159. The predicted molar refractivity (Wildman–Crippen MR) is 81.2 cm³/mol. The smallest absolute Gasteiger partial charge is 0.314 e. The van der Waals surface area contributed by atoms with E-state index in [9.17, 15) is 9.59 Å². The fourth-order valence-corrected chi connectivity index (χ4v) is 2.06. The maximum Gasteiger partial charge on any atom is 0.314 e. The zero-order valence-corrected chi connectivity index (χ0v) is 13.2. The third-order valence-electron chi connectivity index (χ3n) is 3.20. The summed E-state index contributed by atoms with van der Waals surface area (Å²) in [5, 5.41) is 0. The van der Waals surface area contributed by atoms with E-state index in [1.807, 2.05) is 0 Å². The molecule has 0 aliphatic rings. The molecule has 2 N–H and O–H groups in total. The molecule has 118 valence electrons. The molecule has 0 fully saturated rings. The Morgan fingerprint density at radius 3 is 1.90 bits per heavy atom. The van der Waals surface area contributed by atoms with Crippen molar-refractivity contribution in [1.82, 2.24) is 0 Å². The van der Waals surface area contributed by atoms with Crippen LogP contribution in [-0.2, 0) is 14.3 Å². The highest BCUT2D eigenvalue weighted by Crippen LogP contribution is 2.10. The van der Waals surface area contributed by atoms with Gasteiger partial charge in [-0.3, -0.25) is 9.59 Å². The van der Waals surface area contributed by atoms with Crippen molar-refractivity contribution in [3.05, 3.63) is 0 Å². The van der Waals surface area contributed by atoms with E-state index in [1.54, 1.807) is 6.92 Å². The van der Waals surface area contributed by atoms with Crippen molar-refractivity contribution in [3.63, 3.8) is 0 Å². The van der Waals surface area contributed by atoms with Gasteiger partial charge in [0.05, 0.1) is 6.42 Å². The summed E-state index contributed by atoms with van der Waals surface area (Å²) in [6, 6.07) is -0.261. The molecule has 0 aliphatic heterocycles. The second kappa shape index (κ2) is 13.1. The van der Waals surface area contributed by atoms with E-state index < -0.39 is 11.9 Å². The van der Waals surface area contributed by atoms with Crippen LogP contribution in [0.3, 0.4) is 0 Å². The van der Waals surface area contributed by atoms with Crippen LogP contribution >= 0.6 is 0 Å². The molecule has 4 heteroatoms. The van der Waals surface area contributed by atoms with Gasteiger partial charge in [0.15, 0.2) is 0 Å². The predicted octanol–water partition coefficient (Wildman–Crippen LogP) is 3.71. The van der Waals surface area contributed by atoms with Gasteiger partial charge in [-0.1, -0.05) is 58.3 Å². The number of carbonyl (C=O) groups is 2. The maximum atomic E-state index is 11.4. The van der Waals surface area contributed by atoms with Gasteiger partial charge < -0.3 is 10.5 Å². The van der Waals surface area contributed by atoms with Gasteiger partial charge in [-0.05, 0) is 13.3 Å². The molecule has 0 aromatic heterocycles. The standard InChI is InChI=1S/C16H31NO3/c1-3-4-5-6-7-8-9-10-11-12-15(18)20-16(19)13-14(2)17/h14H,3-13,17H2,1-2H3. The molecule has 1 unspecified atom stereocenters. The van der Waals surface area contributed by atoms with E-state index in [0.717, 1.165) is 19.3 Å². The van der Waals surface area contributed by atoms with Gasteiger partial charge in [-0.25, -0.2) is 0 Å². The van der Waals surface area contributed by atoms with Crippen molar-refractivity contribution in [3.8, 4) is 0 Å². The molecule has 0 heterocycles. The van der Waals surface area contributed by atoms with Gasteiger partial charge in [-0.2, -0.15) is 0 Å². The number of hydrogen-bond acceptors (Lipinski definition) is 4. The fourth-order valence-electron chi connectivity index (χ4n) is 2.06. The molecule has 0 radical (unpaired) electrons. The van der Waals surface area contributed by atoms with Crippen molar-refractivity contribution >= 4 is 11.9 Å². The average molecular weight is 285 g/mol. The first-order valence-electron chi connectivity index (χ1n) is 8.05. The monoisotopic (exact) mass is 285 g/mol. The molecule has 0 aliphatic carbocycles. The lowest BCUT2D eigenvalue weighted by Crippen LogP contribution is -2.22. The maximum absolute atomic E-state index is 11.4. The van der Waals surface area contributed by atoms with Crippen LogP contribution in [0.4, 0.5) is 0 Å². The van der Waals surface area contributed by atoms with E-state index >= 15 is 0 Å². The number of hydrogen-bond donors (Lipinski definition) is 1. The summed E-state index contributed by atoms with van der Waals surface area (Å²) >= 11 is 0. The van der Waals surface area contributed by atoms with Crippen LogP contribution in [0.25, 0.3) is 0 Å². The number of ether oxygens (including phenoxy) is 1. The van der Waals surface area contributed by atoms with Crippen molar-refractivity contribution < 1.29 is 14.3 Å². The van der Waals surface area contributed by atoms with Crippen LogP contribution in [0.1, 0.15) is 84.5 Å². The van der Waals surface area contributed by atoms with E-state index in [4.69, 9.17) is 5.73 Å². The topological polar surface area (TPSA) is 69.4 Å². The van der Waals surface area contributed by atoms with E-state index in [-0.39, 0.29) is 12.5 Å². The third-order valence-corrected chi connectivity index (χ3v) is 3.20. The van der Waals surface area contributed by atoms with Crippen molar-refractivity contribution in [1.29, 1.82) is 0 Å². The summed E-state index contributed by atoms with van der Waals surface area (Å²) in [6.07, 6.45) is 11.2. The Kier molecular flexibility index (Phi) is 12.5. The zero-order valence-electron chi connectivity index (χ0n) is 13.2. The van der Waals surface area contributed by atoms with Crippen LogP contribution in [0, 0.1) is 0 Å². The fraction of sp³-hybridized carbons (Fsp3) is 0.875. The summed E-state index contributed by atoms with van der Waals surface area (Å²) in [5.41, 5.74) is 5.46. The summed E-state index contributed by atoms with van der Waals surface area (Å²) in [7, 11) is 0. The Morgan fingerprint density at radius 1 is 0.900 bits per heavy atom. The minimum Gasteiger partial charge on any atom is -0.393 e. The molecule has 0 saturated heterocycles. The Bertz CT molecular complexity index is 264. The van der Waals surface area contributed by atoms with Gasteiger partial charge in [0.1, 0.15) is 0 Å². The molecule has 0 saturated carbocycles. The molecule has 0 bridgehead atoms. The normalized spacial score (nSPS) is 12.2. The van der Waals surface area contributed by atoms with E-state index in [0.29, 0.717) is 6.42 Å². The Hall–Kier alpha value is -0.900. The van der Waals surface area contributed by atoms with E-state index in [2.05, 4.69) is 11.7 Å². The minimum absolute atomic E-state index is 0.101. The highest BCUT2D eigenvalue weighted by molar-refractivity contribution is 5.85. The Labute approximate surface area is 123 Å². The molecule has 0 aromatic carbocycles. The largest absolute Gasteiger partial charge is 0.393 e. The summed E-state index contributed by atoms with van der Waals surface area (Å²) in [6.45, 7) is 3.93. The van der Waals surface area contributed by atoms with Crippen molar-refractivity contribution in [2.45, 2.75) is 90.5 Å².